The molecule has 4 heterocycles. The highest BCUT2D eigenvalue weighted by molar-refractivity contribution is 5.39. The van der Waals surface area contributed by atoms with Crippen LogP contribution in [0.25, 0.3) is 5.69 Å². The Labute approximate surface area is 179 Å². The minimum Gasteiger partial charge on any atom is -0.470 e. The van der Waals surface area contributed by atoms with Crippen LogP contribution in [0.5, 0.6) is 5.88 Å². The summed E-state index contributed by atoms with van der Waals surface area (Å²) in [6.45, 7) is 7.48. The molecule has 0 aliphatic carbocycles. The molecule has 10 heteroatoms. The Kier molecular flexibility index (Phi) is 5.47. The molecule has 9 nitrogen and oxygen atoms in total. The Hall–Kier alpha value is -3.11. The lowest BCUT2D eigenvalue weighted by Crippen LogP contribution is -2.58. The number of aryl methyl sites for hydroxylation is 1. The molecule has 2 fully saturated rings. The van der Waals surface area contributed by atoms with Crippen molar-refractivity contribution < 1.29 is 13.9 Å². The number of ether oxygens (including phenoxy) is 2. The molecule has 1 aromatic carbocycles. The highest BCUT2D eigenvalue weighted by atomic mass is 19.1. The maximum absolute atomic E-state index is 13.2. The van der Waals surface area contributed by atoms with Gasteiger partial charge in [0, 0.05) is 32.2 Å². The van der Waals surface area contributed by atoms with Crippen molar-refractivity contribution in [2.75, 3.05) is 44.3 Å². The molecular formula is C21H24FN7O2. The van der Waals surface area contributed by atoms with Crippen molar-refractivity contribution in [3.63, 3.8) is 0 Å². The second-order valence-electron chi connectivity index (χ2n) is 7.74. The summed E-state index contributed by atoms with van der Waals surface area (Å²) in [7, 11) is 0. The first-order valence-corrected chi connectivity index (χ1v) is 10.4. The first-order chi connectivity index (χ1) is 15.2. The molecule has 31 heavy (non-hydrogen) atoms. The zero-order valence-corrected chi connectivity index (χ0v) is 17.3. The van der Waals surface area contributed by atoms with Crippen molar-refractivity contribution in [3.05, 3.63) is 53.6 Å². The number of anilines is 1. The highest BCUT2D eigenvalue weighted by Gasteiger charge is 2.30. The predicted octanol–water partition coefficient (Wildman–Crippen LogP) is 1.60. The summed E-state index contributed by atoms with van der Waals surface area (Å²) >= 11 is 0. The Morgan fingerprint density at radius 2 is 1.94 bits per heavy atom. The van der Waals surface area contributed by atoms with Gasteiger partial charge in [0.15, 0.2) is 5.82 Å². The van der Waals surface area contributed by atoms with Crippen molar-refractivity contribution >= 4 is 5.82 Å². The van der Waals surface area contributed by atoms with Gasteiger partial charge in [-0.15, -0.1) is 15.3 Å². The first kappa shape index (κ1) is 19.8. The van der Waals surface area contributed by atoms with Gasteiger partial charge in [0.2, 0.25) is 5.88 Å². The van der Waals surface area contributed by atoms with Gasteiger partial charge in [-0.25, -0.2) is 9.07 Å². The Balaban J connectivity index is 1.24. The molecule has 1 atom stereocenters. The van der Waals surface area contributed by atoms with Gasteiger partial charge in [0.25, 0.3) is 0 Å². The summed E-state index contributed by atoms with van der Waals surface area (Å²) < 4.78 is 26.3. The fourth-order valence-corrected chi connectivity index (χ4v) is 3.99. The number of piperazine rings is 1. The number of hydrogen-bond donors (Lipinski definition) is 0. The van der Waals surface area contributed by atoms with Crippen LogP contribution in [0, 0.1) is 12.7 Å². The quantitative estimate of drug-likeness (QED) is 0.610. The van der Waals surface area contributed by atoms with Crippen LogP contribution in [-0.4, -0.2) is 75.5 Å². The number of benzene rings is 1. The second-order valence-corrected chi connectivity index (χ2v) is 7.74. The summed E-state index contributed by atoms with van der Waals surface area (Å²) in [5, 5.41) is 16.9. The van der Waals surface area contributed by atoms with Crippen molar-refractivity contribution in [2.45, 2.75) is 19.6 Å². The molecule has 0 radical (unpaired) electrons. The van der Waals surface area contributed by atoms with Crippen LogP contribution >= 0.6 is 0 Å². The van der Waals surface area contributed by atoms with Gasteiger partial charge in [0.05, 0.1) is 30.6 Å². The highest BCUT2D eigenvalue weighted by Crippen LogP contribution is 2.21. The van der Waals surface area contributed by atoms with E-state index in [0.29, 0.717) is 17.6 Å². The predicted molar refractivity (Wildman–Crippen MR) is 111 cm³/mol. The van der Waals surface area contributed by atoms with E-state index in [0.717, 1.165) is 56.6 Å². The molecule has 0 unspecified atom stereocenters. The van der Waals surface area contributed by atoms with Gasteiger partial charge in [-0.3, -0.25) is 4.90 Å². The number of hydrogen-bond acceptors (Lipinski definition) is 8. The minimum atomic E-state index is -0.300. The third kappa shape index (κ3) is 4.21. The Morgan fingerprint density at radius 3 is 2.74 bits per heavy atom. The normalized spacial score (nSPS) is 19.3. The van der Waals surface area contributed by atoms with Crippen LogP contribution < -0.4 is 9.64 Å². The molecule has 162 valence electrons. The third-order valence-corrected chi connectivity index (χ3v) is 5.77. The number of rotatable bonds is 5. The molecule has 0 bridgehead atoms. The van der Waals surface area contributed by atoms with Gasteiger partial charge in [-0.05, 0) is 37.3 Å². The molecule has 2 aromatic heterocycles. The maximum atomic E-state index is 13.2. The van der Waals surface area contributed by atoms with E-state index in [-0.39, 0.29) is 12.4 Å². The third-order valence-electron chi connectivity index (χ3n) is 5.77. The number of fused-ring (bicyclic) bond motifs is 1. The van der Waals surface area contributed by atoms with Crippen LogP contribution in [0.15, 0.2) is 36.4 Å². The fourth-order valence-electron chi connectivity index (χ4n) is 3.99. The van der Waals surface area contributed by atoms with E-state index in [1.165, 1.54) is 12.1 Å². The summed E-state index contributed by atoms with van der Waals surface area (Å²) in [6.07, 6.45) is 0. The van der Waals surface area contributed by atoms with Gasteiger partial charge in [0.1, 0.15) is 18.1 Å². The molecule has 2 saturated heterocycles. The van der Waals surface area contributed by atoms with Gasteiger partial charge < -0.3 is 14.4 Å². The number of aromatic nitrogens is 5. The Bertz CT molecular complexity index is 1030. The van der Waals surface area contributed by atoms with Crippen molar-refractivity contribution in [1.82, 2.24) is 30.1 Å². The fraction of sp³-hybridized carbons (Fsp3) is 0.429. The van der Waals surface area contributed by atoms with Crippen LogP contribution in [0.2, 0.25) is 0 Å². The summed E-state index contributed by atoms with van der Waals surface area (Å²) in [5.74, 6) is 0.965. The van der Waals surface area contributed by atoms with E-state index in [9.17, 15) is 4.39 Å². The van der Waals surface area contributed by atoms with Crippen LogP contribution in [0.1, 0.15) is 11.4 Å². The van der Waals surface area contributed by atoms with E-state index in [4.69, 9.17) is 9.47 Å². The monoisotopic (exact) mass is 425 g/mol. The smallest absolute Gasteiger partial charge is 0.233 e. The van der Waals surface area contributed by atoms with Gasteiger partial charge in [-0.1, -0.05) is 5.21 Å². The first-order valence-electron chi connectivity index (χ1n) is 10.4. The molecule has 2 aliphatic rings. The lowest BCUT2D eigenvalue weighted by molar-refractivity contribution is -0.0118. The van der Waals surface area contributed by atoms with E-state index in [1.807, 2.05) is 19.1 Å². The van der Waals surface area contributed by atoms with E-state index in [1.54, 1.807) is 16.8 Å². The average Bonchev–Trinajstić information content (AvgIpc) is 3.18. The van der Waals surface area contributed by atoms with E-state index >= 15 is 0 Å². The summed E-state index contributed by atoms with van der Waals surface area (Å²) in [5.41, 5.74) is 2.22. The van der Waals surface area contributed by atoms with Crippen molar-refractivity contribution in [2.24, 2.45) is 0 Å². The molecule has 2 aliphatic heterocycles. The number of nitrogens with zero attached hydrogens (tertiary/aromatic N) is 7. The number of morpholine rings is 1. The largest absolute Gasteiger partial charge is 0.470 e. The lowest BCUT2D eigenvalue weighted by atomic mass is 10.1. The molecule has 5 rings (SSSR count). The minimum absolute atomic E-state index is 0.225. The average molecular weight is 425 g/mol. The van der Waals surface area contributed by atoms with Crippen LogP contribution in [-0.2, 0) is 11.3 Å². The van der Waals surface area contributed by atoms with Crippen LogP contribution in [0.4, 0.5) is 10.2 Å². The number of halogens is 1. The summed E-state index contributed by atoms with van der Waals surface area (Å²) in [4.78, 5) is 4.72. The zero-order chi connectivity index (χ0) is 21.2. The van der Waals surface area contributed by atoms with Crippen molar-refractivity contribution in [1.29, 1.82) is 0 Å². The Morgan fingerprint density at radius 1 is 1.06 bits per heavy atom. The zero-order valence-electron chi connectivity index (χ0n) is 17.3. The molecule has 0 saturated carbocycles. The van der Waals surface area contributed by atoms with Gasteiger partial charge in [-0.2, -0.15) is 0 Å². The van der Waals surface area contributed by atoms with E-state index < -0.39 is 0 Å². The molecule has 0 N–H and O–H groups in total. The topological polar surface area (TPSA) is 81.4 Å². The van der Waals surface area contributed by atoms with E-state index in [2.05, 4.69) is 30.3 Å². The van der Waals surface area contributed by atoms with Crippen molar-refractivity contribution in [3.8, 4) is 11.6 Å². The lowest BCUT2D eigenvalue weighted by Gasteiger charge is -2.43. The summed E-state index contributed by atoms with van der Waals surface area (Å²) in [6, 6.07) is 10.2. The second kappa shape index (κ2) is 8.56. The van der Waals surface area contributed by atoms with Gasteiger partial charge >= 0.3 is 0 Å². The SMILES string of the molecule is Cc1nnn(-c2ccc(F)cc2)c1COc1ccc(N2CCN3CCOC[C@@H]3C2)nn1. The maximum Gasteiger partial charge on any atom is 0.233 e. The molecule has 0 spiro atoms. The standard InChI is InChI=1S/C21H24FN7O2/c1-15-19(29(26-23-15)17-4-2-16(22)3-5-17)14-31-21-7-6-20(24-25-21)28-9-8-27-10-11-30-13-18(27)12-28/h2-7,18H,8-14H2,1H3/t18-/m0/s1. The van der Waals surface area contributed by atoms with Crippen LogP contribution in [0.3, 0.4) is 0 Å². The molecule has 3 aromatic rings. The molecular weight excluding hydrogens is 401 g/mol. The molecule has 0 amide bonds.